The molecule has 0 saturated heterocycles. The number of ketones is 1. The van der Waals surface area contributed by atoms with Crippen molar-refractivity contribution in [1.29, 1.82) is 0 Å². The van der Waals surface area contributed by atoms with Gasteiger partial charge in [-0.2, -0.15) is 4.79 Å². The number of rotatable bonds is 12. The first kappa shape index (κ1) is 31.8. The number of carbonyl (C=O) groups is 4. The molecule has 10 heteroatoms. The molecule has 3 aromatic rings. The minimum Gasteiger partial charge on any atom is -0.458 e. The highest BCUT2D eigenvalue weighted by atomic mass is 16.6. The summed E-state index contributed by atoms with van der Waals surface area (Å²) < 4.78 is 11.1. The maximum atomic E-state index is 13.6. The van der Waals surface area contributed by atoms with Gasteiger partial charge < -0.3 is 25.6 Å². The number of nitrogens with one attached hydrogen (secondary N) is 2. The zero-order valence-electron chi connectivity index (χ0n) is 25.0. The number of Topliss-reactive ketones (excluding diaryl/α,β-unsaturated/α-hetero) is 1. The molecule has 44 heavy (non-hydrogen) atoms. The molecule has 2 N–H and O–H groups in total. The molecule has 0 fully saturated rings. The van der Waals surface area contributed by atoms with Gasteiger partial charge in [-0.3, -0.25) is 9.59 Å². The maximum Gasteiger partial charge on any atom is 0.407 e. The van der Waals surface area contributed by atoms with Gasteiger partial charge >= 0.3 is 18.3 Å². The predicted octanol–water partition coefficient (Wildman–Crippen LogP) is 4.61. The molecular formula is C34H36N4O6. The summed E-state index contributed by atoms with van der Waals surface area (Å²) in [4.78, 5) is 54.4. The van der Waals surface area contributed by atoms with E-state index in [0.29, 0.717) is 0 Å². The molecule has 1 aliphatic rings. The number of esters is 1. The van der Waals surface area contributed by atoms with Crippen LogP contribution in [0.3, 0.4) is 0 Å². The lowest BCUT2D eigenvalue weighted by Gasteiger charge is -2.26. The smallest absolute Gasteiger partial charge is 0.407 e. The minimum atomic E-state index is -1.19. The standard InChI is InChI=1S/C34H36N4O6/c1-34(2,3)44-32(41)29(18-17-23(39)20-36-35)37-31(40)30(19-22-11-5-4-6-12-22)38-33(42)43-21-28-26-15-9-7-13-24(26)25-14-8-10-16-27(25)28/h4-16,20,28-30H,17-19,21H2,1-3H3,(H,37,40)(H,38,42)/t29-,30-/m0/s1. The van der Waals surface area contributed by atoms with Crippen molar-refractivity contribution in [1.82, 2.24) is 10.6 Å². The summed E-state index contributed by atoms with van der Waals surface area (Å²) in [5.41, 5.74) is 12.9. The molecule has 0 aromatic heterocycles. The first-order valence-corrected chi connectivity index (χ1v) is 14.4. The van der Waals surface area contributed by atoms with Gasteiger partial charge in [0.25, 0.3) is 0 Å². The number of carbonyl (C=O) groups excluding carboxylic acids is 4. The highest BCUT2D eigenvalue weighted by Gasteiger charge is 2.32. The van der Waals surface area contributed by atoms with Gasteiger partial charge in [-0.1, -0.05) is 78.9 Å². The van der Waals surface area contributed by atoms with E-state index < -0.39 is 41.4 Å². The van der Waals surface area contributed by atoms with Crippen LogP contribution in [0.25, 0.3) is 16.7 Å². The van der Waals surface area contributed by atoms with Crippen LogP contribution in [0, 0.1) is 0 Å². The van der Waals surface area contributed by atoms with Gasteiger partial charge in [0.15, 0.2) is 0 Å². The lowest BCUT2D eigenvalue weighted by atomic mass is 9.98. The van der Waals surface area contributed by atoms with Crippen molar-refractivity contribution in [3.63, 3.8) is 0 Å². The van der Waals surface area contributed by atoms with Gasteiger partial charge in [0.2, 0.25) is 11.7 Å². The summed E-state index contributed by atoms with van der Waals surface area (Å²) >= 11 is 0. The van der Waals surface area contributed by atoms with Gasteiger partial charge in [-0.25, -0.2) is 9.59 Å². The summed E-state index contributed by atoms with van der Waals surface area (Å²) in [6.45, 7) is 5.12. The van der Waals surface area contributed by atoms with Crippen molar-refractivity contribution < 1.29 is 33.4 Å². The third kappa shape index (κ3) is 8.49. The van der Waals surface area contributed by atoms with E-state index in [1.54, 1.807) is 20.8 Å². The van der Waals surface area contributed by atoms with Crippen LogP contribution in [0.15, 0.2) is 78.9 Å². The maximum absolute atomic E-state index is 13.6. The molecule has 0 radical (unpaired) electrons. The average molecular weight is 597 g/mol. The number of ether oxygens (including phenoxy) is 2. The Labute approximate surface area is 256 Å². The first-order chi connectivity index (χ1) is 21.1. The zero-order chi connectivity index (χ0) is 31.7. The van der Waals surface area contributed by atoms with Crippen molar-refractivity contribution in [2.75, 3.05) is 6.61 Å². The molecule has 0 heterocycles. The number of nitrogens with zero attached hydrogens (tertiary/aromatic N) is 2. The molecule has 2 amide bonds. The van der Waals surface area contributed by atoms with E-state index in [-0.39, 0.29) is 31.8 Å². The van der Waals surface area contributed by atoms with Crippen LogP contribution in [-0.4, -0.2) is 59.0 Å². The van der Waals surface area contributed by atoms with Gasteiger partial charge in [-0.05, 0) is 55.0 Å². The second kappa shape index (κ2) is 14.4. The lowest BCUT2D eigenvalue weighted by molar-refractivity contribution is -0.159. The van der Waals surface area contributed by atoms with E-state index >= 15 is 0 Å². The van der Waals surface area contributed by atoms with E-state index in [4.69, 9.17) is 15.0 Å². The topological polar surface area (TPSA) is 147 Å². The number of alkyl carbamates (subject to hydrolysis) is 1. The van der Waals surface area contributed by atoms with Crippen molar-refractivity contribution in [3.05, 3.63) is 101 Å². The van der Waals surface area contributed by atoms with Crippen LogP contribution >= 0.6 is 0 Å². The lowest BCUT2D eigenvalue weighted by Crippen LogP contribution is -2.53. The van der Waals surface area contributed by atoms with Crippen molar-refractivity contribution in [2.24, 2.45) is 0 Å². The van der Waals surface area contributed by atoms with Crippen molar-refractivity contribution in [3.8, 4) is 11.1 Å². The average Bonchev–Trinajstić information content (AvgIpc) is 3.31. The van der Waals surface area contributed by atoms with Gasteiger partial charge in [0.05, 0.1) is 0 Å². The number of fused-ring (bicyclic) bond motifs is 3. The number of amides is 2. The third-order valence-corrected chi connectivity index (χ3v) is 7.12. The second-order valence-corrected chi connectivity index (χ2v) is 11.6. The molecule has 0 unspecified atom stereocenters. The zero-order valence-corrected chi connectivity index (χ0v) is 25.0. The number of hydrogen-bond acceptors (Lipinski definition) is 6. The normalized spacial score (nSPS) is 13.3. The summed E-state index contributed by atoms with van der Waals surface area (Å²) in [5.74, 6) is -2.08. The summed E-state index contributed by atoms with van der Waals surface area (Å²) in [7, 11) is 0. The van der Waals surface area contributed by atoms with E-state index in [2.05, 4.69) is 15.4 Å². The third-order valence-electron chi connectivity index (χ3n) is 7.12. The van der Waals surface area contributed by atoms with E-state index in [1.807, 2.05) is 78.9 Å². The molecule has 1 aliphatic carbocycles. The highest BCUT2D eigenvalue weighted by molar-refractivity contribution is 6.25. The SMILES string of the molecule is CC(C)(C)OC(=O)[C@H](CCC(=O)C=[N+]=[N-])NC(=O)[C@H](Cc1ccccc1)NC(=O)OCC1c2ccccc2-c2ccccc21. The highest BCUT2D eigenvalue weighted by Crippen LogP contribution is 2.44. The number of benzene rings is 3. The molecule has 228 valence electrons. The second-order valence-electron chi connectivity index (χ2n) is 11.6. The van der Waals surface area contributed by atoms with Crippen molar-refractivity contribution >= 4 is 30.0 Å². The summed E-state index contributed by atoms with van der Waals surface area (Å²) in [6, 6.07) is 22.8. The van der Waals surface area contributed by atoms with Crippen LogP contribution in [0.1, 0.15) is 56.2 Å². The van der Waals surface area contributed by atoms with Crippen LogP contribution in [0.2, 0.25) is 0 Å². The quantitative estimate of drug-likeness (QED) is 0.135. The van der Waals surface area contributed by atoms with Crippen LogP contribution < -0.4 is 10.6 Å². The fourth-order valence-corrected chi connectivity index (χ4v) is 5.15. The molecule has 0 aliphatic heterocycles. The molecule has 3 aromatic carbocycles. The largest absolute Gasteiger partial charge is 0.458 e. The molecule has 10 nitrogen and oxygen atoms in total. The van der Waals surface area contributed by atoms with E-state index in [0.717, 1.165) is 34.0 Å². The molecule has 0 saturated carbocycles. The Morgan fingerprint density at radius 3 is 2.05 bits per heavy atom. The monoisotopic (exact) mass is 596 g/mol. The predicted molar refractivity (Wildman–Crippen MR) is 164 cm³/mol. The molecular weight excluding hydrogens is 560 g/mol. The van der Waals surface area contributed by atoms with Gasteiger partial charge in [0.1, 0.15) is 24.3 Å². The Balaban J connectivity index is 1.49. The fraction of sp³-hybridized carbons (Fsp3) is 0.324. The Hall–Kier alpha value is -5.08. The molecule has 0 spiro atoms. The minimum absolute atomic E-state index is 0.0641. The van der Waals surface area contributed by atoms with Crippen LogP contribution in [0.5, 0.6) is 0 Å². The Kier molecular flexibility index (Phi) is 10.4. The van der Waals surface area contributed by atoms with Crippen LogP contribution in [0.4, 0.5) is 4.79 Å². The Morgan fingerprint density at radius 1 is 0.864 bits per heavy atom. The fourth-order valence-electron chi connectivity index (χ4n) is 5.15. The number of hydrogen-bond donors (Lipinski definition) is 2. The Bertz CT molecular complexity index is 1510. The van der Waals surface area contributed by atoms with E-state index in [9.17, 15) is 19.2 Å². The summed E-state index contributed by atoms with van der Waals surface area (Å²) in [5, 5.41) is 5.31. The van der Waals surface area contributed by atoms with E-state index in [1.165, 1.54) is 0 Å². The molecule has 4 rings (SSSR count). The van der Waals surface area contributed by atoms with Crippen molar-refractivity contribution in [2.45, 2.75) is 63.6 Å². The molecule has 0 bridgehead atoms. The summed E-state index contributed by atoms with van der Waals surface area (Å²) in [6.07, 6.45) is -0.226. The van der Waals surface area contributed by atoms with Gasteiger partial charge in [0, 0.05) is 18.8 Å². The Morgan fingerprint density at radius 2 is 1.45 bits per heavy atom. The van der Waals surface area contributed by atoms with Crippen LogP contribution in [-0.2, 0) is 30.3 Å². The van der Waals surface area contributed by atoms with Gasteiger partial charge in [-0.15, -0.1) is 0 Å². The first-order valence-electron chi connectivity index (χ1n) is 14.4. The molecule has 2 atom stereocenters.